The molecule has 0 aliphatic heterocycles. The Kier molecular flexibility index (Phi) is 8.13. The zero-order valence-corrected chi connectivity index (χ0v) is 21.5. The van der Waals surface area contributed by atoms with Crippen molar-refractivity contribution in [2.75, 3.05) is 13.6 Å². The van der Waals surface area contributed by atoms with Gasteiger partial charge in [0, 0.05) is 30.5 Å². The number of hydrogen-bond acceptors (Lipinski definition) is 3. The number of aryl methyl sites for hydroxylation is 5. The van der Waals surface area contributed by atoms with Crippen LogP contribution in [0.4, 0.5) is 5.69 Å². The molecule has 0 unspecified atom stereocenters. The lowest BCUT2D eigenvalue weighted by Crippen LogP contribution is -2.14. The van der Waals surface area contributed by atoms with Crippen LogP contribution in [0.3, 0.4) is 0 Å². The first-order valence-corrected chi connectivity index (χ1v) is 12.2. The Balaban J connectivity index is 0.00000289. The molecule has 1 aliphatic carbocycles. The van der Waals surface area contributed by atoms with Crippen LogP contribution in [0.25, 0.3) is 11.3 Å². The van der Waals surface area contributed by atoms with E-state index in [1.54, 1.807) is 0 Å². The summed E-state index contributed by atoms with van der Waals surface area (Å²) in [6.07, 6.45) is 7.86. The first-order valence-electron chi connectivity index (χ1n) is 11.4. The minimum atomic E-state index is 0. The lowest BCUT2D eigenvalue weighted by Gasteiger charge is -2.16. The number of nitrogens with zero attached hydrogens (tertiary/aromatic N) is 3. The molecule has 0 amide bonds. The summed E-state index contributed by atoms with van der Waals surface area (Å²) in [6.45, 7) is 9.61. The second-order valence-electron chi connectivity index (χ2n) is 8.76. The number of fused-ring (bicyclic) bond motifs is 1. The second kappa shape index (κ2) is 10.6. The van der Waals surface area contributed by atoms with Gasteiger partial charge in [0.25, 0.3) is 0 Å². The van der Waals surface area contributed by atoms with Crippen LogP contribution in [0, 0.1) is 20.8 Å². The van der Waals surface area contributed by atoms with Crippen molar-refractivity contribution in [2.24, 2.45) is 4.99 Å². The molecular weight excluding hydrogens is 434 g/mol. The third-order valence-electron chi connectivity index (χ3n) is 6.35. The highest BCUT2D eigenvalue weighted by molar-refractivity contribution is 7.12. The second-order valence-corrected chi connectivity index (χ2v) is 10.1. The van der Waals surface area contributed by atoms with Crippen molar-refractivity contribution in [1.82, 2.24) is 9.88 Å². The maximum Gasteiger partial charge on any atom is 0.0979 e. The lowest BCUT2D eigenvalue weighted by molar-refractivity contribution is 0.552. The monoisotopic (exact) mass is 467 g/mol. The van der Waals surface area contributed by atoms with Crippen molar-refractivity contribution in [3.63, 3.8) is 0 Å². The quantitative estimate of drug-likeness (QED) is 0.282. The van der Waals surface area contributed by atoms with Gasteiger partial charge in [-0.15, -0.1) is 23.7 Å². The molecule has 1 heterocycles. The summed E-state index contributed by atoms with van der Waals surface area (Å²) < 4.78 is 0. The molecule has 3 nitrogen and oxygen atoms in total. The highest BCUT2D eigenvalue weighted by atomic mass is 35.5. The molecule has 1 aromatic heterocycles. The summed E-state index contributed by atoms with van der Waals surface area (Å²) in [5.41, 5.74) is 10.4. The largest absolute Gasteiger partial charge is 0.366 e. The van der Waals surface area contributed by atoms with Crippen LogP contribution in [-0.4, -0.2) is 29.8 Å². The van der Waals surface area contributed by atoms with Crippen LogP contribution in [0.1, 0.15) is 57.5 Å². The highest BCUT2D eigenvalue weighted by Crippen LogP contribution is 2.33. The Bertz CT molecular complexity index is 1120. The molecule has 0 fully saturated rings. The van der Waals surface area contributed by atoms with Gasteiger partial charge in [0.2, 0.25) is 0 Å². The summed E-state index contributed by atoms with van der Waals surface area (Å²) in [6, 6.07) is 11.5. The standard InChI is InChI=1S/C27H33N3S.ClH/c1-6-30(5)17-28-25-14-18(2)24(13-19(25)3)16-26-29-27(20(4)31-26)23-12-11-21-9-7-8-10-22(21)15-23;/h11-15,17H,6-10,16H2,1-5H3;1H. The lowest BCUT2D eigenvalue weighted by atomic mass is 9.90. The van der Waals surface area contributed by atoms with Crippen LogP contribution >= 0.6 is 23.7 Å². The van der Waals surface area contributed by atoms with E-state index in [9.17, 15) is 0 Å². The Hall–Kier alpha value is -2.17. The molecule has 5 heteroatoms. The molecule has 0 bridgehead atoms. The number of hydrogen-bond donors (Lipinski definition) is 0. The number of halogens is 1. The topological polar surface area (TPSA) is 28.5 Å². The fourth-order valence-corrected chi connectivity index (χ4v) is 5.25. The Morgan fingerprint density at radius 2 is 1.78 bits per heavy atom. The summed E-state index contributed by atoms with van der Waals surface area (Å²) in [5, 5.41) is 1.19. The molecule has 0 saturated heterocycles. The van der Waals surface area contributed by atoms with Gasteiger partial charge in [0.1, 0.15) is 0 Å². The van der Waals surface area contributed by atoms with Crippen molar-refractivity contribution >= 4 is 35.8 Å². The van der Waals surface area contributed by atoms with E-state index in [0.717, 1.165) is 24.3 Å². The highest BCUT2D eigenvalue weighted by Gasteiger charge is 2.15. The Labute approximate surface area is 203 Å². The van der Waals surface area contributed by atoms with Crippen LogP contribution in [-0.2, 0) is 19.3 Å². The SMILES string of the molecule is CCN(C)C=Nc1cc(C)c(Cc2nc(-c3ccc4c(c3)CCCC4)c(C)s2)cc1C.Cl. The van der Waals surface area contributed by atoms with E-state index in [2.05, 4.69) is 67.9 Å². The van der Waals surface area contributed by atoms with Gasteiger partial charge in [-0.1, -0.05) is 18.2 Å². The van der Waals surface area contributed by atoms with Crippen molar-refractivity contribution in [3.8, 4) is 11.3 Å². The van der Waals surface area contributed by atoms with Gasteiger partial charge >= 0.3 is 0 Å². The average molecular weight is 468 g/mol. The van der Waals surface area contributed by atoms with Crippen LogP contribution in [0.5, 0.6) is 0 Å². The van der Waals surface area contributed by atoms with Gasteiger partial charge in [-0.25, -0.2) is 9.98 Å². The molecule has 0 spiro atoms. The van der Waals surface area contributed by atoms with E-state index in [1.165, 1.54) is 68.9 Å². The van der Waals surface area contributed by atoms with Gasteiger partial charge < -0.3 is 4.90 Å². The van der Waals surface area contributed by atoms with Crippen molar-refractivity contribution < 1.29 is 0 Å². The molecule has 0 radical (unpaired) electrons. The molecule has 4 rings (SSSR count). The van der Waals surface area contributed by atoms with Crippen molar-refractivity contribution in [1.29, 1.82) is 0 Å². The van der Waals surface area contributed by atoms with E-state index in [4.69, 9.17) is 4.98 Å². The zero-order chi connectivity index (χ0) is 22.0. The van der Waals surface area contributed by atoms with E-state index in [0.29, 0.717) is 0 Å². The summed E-state index contributed by atoms with van der Waals surface area (Å²) >= 11 is 1.83. The third kappa shape index (κ3) is 5.41. The number of rotatable bonds is 6. The summed E-state index contributed by atoms with van der Waals surface area (Å²) in [5.74, 6) is 0. The smallest absolute Gasteiger partial charge is 0.0979 e. The van der Waals surface area contributed by atoms with Crippen LogP contribution in [0.15, 0.2) is 35.3 Å². The molecule has 2 aromatic carbocycles. The van der Waals surface area contributed by atoms with E-state index in [1.807, 2.05) is 24.7 Å². The maximum atomic E-state index is 5.07. The first-order chi connectivity index (χ1) is 14.9. The predicted octanol–water partition coefficient (Wildman–Crippen LogP) is 7.24. The minimum absolute atomic E-state index is 0. The molecule has 0 N–H and O–H groups in total. The fraction of sp³-hybridized carbons (Fsp3) is 0.407. The van der Waals surface area contributed by atoms with Crippen LogP contribution in [0.2, 0.25) is 0 Å². The third-order valence-corrected chi connectivity index (χ3v) is 7.32. The van der Waals surface area contributed by atoms with Crippen LogP contribution < -0.4 is 0 Å². The average Bonchev–Trinajstić information content (AvgIpc) is 3.14. The normalized spacial score (nSPS) is 13.2. The molecule has 0 atom stereocenters. The van der Waals surface area contributed by atoms with E-state index >= 15 is 0 Å². The molecule has 32 heavy (non-hydrogen) atoms. The zero-order valence-electron chi connectivity index (χ0n) is 19.9. The predicted molar refractivity (Wildman–Crippen MR) is 141 cm³/mol. The molecule has 3 aromatic rings. The summed E-state index contributed by atoms with van der Waals surface area (Å²) in [7, 11) is 2.05. The van der Waals surface area contributed by atoms with Gasteiger partial charge in [0.15, 0.2) is 0 Å². The number of benzene rings is 2. The Morgan fingerprint density at radius 3 is 2.53 bits per heavy atom. The first kappa shape index (κ1) is 24.5. The molecular formula is C27H34ClN3S. The van der Waals surface area contributed by atoms with Crippen molar-refractivity contribution in [3.05, 3.63) is 68.0 Å². The van der Waals surface area contributed by atoms with Gasteiger partial charge in [-0.2, -0.15) is 0 Å². The Morgan fingerprint density at radius 1 is 1.03 bits per heavy atom. The number of aromatic nitrogens is 1. The fourth-order valence-electron chi connectivity index (χ4n) is 4.27. The van der Waals surface area contributed by atoms with Gasteiger partial charge in [-0.05, 0) is 93.3 Å². The maximum absolute atomic E-state index is 5.07. The summed E-state index contributed by atoms with van der Waals surface area (Å²) in [4.78, 5) is 13.1. The molecule has 1 aliphatic rings. The molecule has 170 valence electrons. The van der Waals surface area contributed by atoms with Gasteiger partial charge in [-0.3, -0.25) is 0 Å². The molecule has 0 saturated carbocycles. The van der Waals surface area contributed by atoms with Crippen molar-refractivity contribution in [2.45, 2.75) is 59.8 Å². The van der Waals surface area contributed by atoms with E-state index in [-0.39, 0.29) is 12.4 Å². The minimum Gasteiger partial charge on any atom is -0.366 e. The number of aliphatic imine (C=N–C) groups is 1. The van der Waals surface area contributed by atoms with E-state index < -0.39 is 0 Å². The number of thiazole rings is 1. The van der Waals surface area contributed by atoms with Gasteiger partial charge in [0.05, 0.1) is 22.7 Å².